The van der Waals surface area contributed by atoms with Gasteiger partial charge in [0.25, 0.3) is 5.91 Å². The Bertz CT molecular complexity index is 391. The molecule has 0 aliphatic carbocycles. The van der Waals surface area contributed by atoms with Gasteiger partial charge in [-0.05, 0) is 25.5 Å². The number of hydrogen-bond donors (Lipinski definition) is 2. The number of ketones is 1. The van der Waals surface area contributed by atoms with E-state index < -0.39 is 0 Å². The molecule has 1 aromatic carbocycles. The molecule has 0 spiro atoms. The Morgan fingerprint density at radius 3 is 2.56 bits per heavy atom. The molecule has 1 rings (SSSR count). The van der Waals surface area contributed by atoms with Gasteiger partial charge in [0, 0.05) is 12.0 Å². The van der Waals surface area contributed by atoms with Crippen molar-refractivity contribution >= 4 is 11.7 Å². The van der Waals surface area contributed by atoms with Gasteiger partial charge in [0.05, 0.1) is 6.04 Å². The molecule has 5 nitrogen and oxygen atoms in total. The summed E-state index contributed by atoms with van der Waals surface area (Å²) in [5.41, 5.74) is 0.531. The van der Waals surface area contributed by atoms with Crippen LogP contribution in [-0.2, 0) is 9.68 Å². The van der Waals surface area contributed by atoms with E-state index in [2.05, 4.69) is 10.2 Å². The Morgan fingerprint density at radius 1 is 1.33 bits per heavy atom. The van der Waals surface area contributed by atoms with Gasteiger partial charge in [0.1, 0.15) is 12.4 Å². The van der Waals surface area contributed by atoms with Crippen LogP contribution in [0.25, 0.3) is 0 Å². The first kappa shape index (κ1) is 14.3. The highest BCUT2D eigenvalue weighted by atomic mass is 17.1. The fourth-order valence-corrected chi connectivity index (χ4v) is 1.52. The summed E-state index contributed by atoms with van der Waals surface area (Å²) in [4.78, 5) is 26.8. The Kier molecular flexibility index (Phi) is 6.04. The molecule has 5 heteroatoms. The zero-order chi connectivity index (χ0) is 13.4. The first-order chi connectivity index (χ1) is 8.63. The molecule has 1 unspecified atom stereocenters. The minimum Gasteiger partial charge on any atom is -0.347 e. The van der Waals surface area contributed by atoms with Crippen LogP contribution < -0.4 is 5.32 Å². The number of Topliss-reactive ketones (excluding diaryl/α,β-unsaturated/α-hetero) is 1. The summed E-state index contributed by atoms with van der Waals surface area (Å²) in [5, 5.41) is 11.2. The first-order valence-electron chi connectivity index (χ1n) is 5.75. The molecule has 1 amide bonds. The molecule has 0 aliphatic heterocycles. The van der Waals surface area contributed by atoms with Crippen LogP contribution in [0.1, 0.15) is 30.1 Å². The summed E-state index contributed by atoms with van der Waals surface area (Å²) < 4.78 is 0. The molecule has 2 N–H and O–H groups in total. The van der Waals surface area contributed by atoms with Crippen LogP contribution in [0.5, 0.6) is 0 Å². The predicted molar refractivity (Wildman–Crippen MR) is 66.2 cm³/mol. The highest BCUT2D eigenvalue weighted by Crippen LogP contribution is 2.03. The fraction of sp³-hybridized carbons (Fsp3) is 0.385. The zero-order valence-electron chi connectivity index (χ0n) is 10.3. The number of carbonyl (C=O) groups excluding carboxylic acids is 2. The van der Waals surface area contributed by atoms with Gasteiger partial charge in [-0.15, -0.1) is 0 Å². The van der Waals surface area contributed by atoms with Crippen molar-refractivity contribution in [3.63, 3.8) is 0 Å². The molecule has 0 radical (unpaired) electrons. The third-order valence-electron chi connectivity index (χ3n) is 2.49. The van der Waals surface area contributed by atoms with Gasteiger partial charge in [-0.2, -0.15) is 0 Å². The smallest absolute Gasteiger partial charge is 0.251 e. The highest BCUT2D eigenvalue weighted by Gasteiger charge is 2.14. The molecule has 1 aromatic rings. The number of nitrogens with one attached hydrogen (secondary N) is 1. The van der Waals surface area contributed by atoms with E-state index in [0.29, 0.717) is 18.4 Å². The molecule has 0 saturated carbocycles. The third-order valence-corrected chi connectivity index (χ3v) is 2.49. The van der Waals surface area contributed by atoms with Crippen molar-refractivity contribution in [1.29, 1.82) is 0 Å². The maximum atomic E-state index is 11.8. The van der Waals surface area contributed by atoms with Crippen molar-refractivity contribution in [2.75, 3.05) is 6.61 Å². The highest BCUT2D eigenvalue weighted by molar-refractivity contribution is 5.94. The lowest BCUT2D eigenvalue weighted by Gasteiger charge is -2.16. The molecule has 1 atom stereocenters. The van der Waals surface area contributed by atoms with Crippen LogP contribution in [0.15, 0.2) is 30.3 Å². The second kappa shape index (κ2) is 7.58. The average molecular weight is 251 g/mol. The molecule has 0 fully saturated rings. The van der Waals surface area contributed by atoms with Gasteiger partial charge in [-0.25, -0.2) is 4.89 Å². The molecular weight excluding hydrogens is 234 g/mol. The monoisotopic (exact) mass is 251 g/mol. The number of carbonyl (C=O) groups is 2. The van der Waals surface area contributed by atoms with Gasteiger partial charge < -0.3 is 10.1 Å². The van der Waals surface area contributed by atoms with E-state index in [1.54, 1.807) is 24.3 Å². The van der Waals surface area contributed by atoms with Crippen molar-refractivity contribution < 1.29 is 19.7 Å². The maximum absolute atomic E-state index is 11.8. The normalized spacial score (nSPS) is 11.9. The van der Waals surface area contributed by atoms with Crippen molar-refractivity contribution in [1.82, 2.24) is 5.32 Å². The van der Waals surface area contributed by atoms with E-state index in [-0.39, 0.29) is 24.3 Å². The minimum absolute atomic E-state index is 0.0342. The van der Waals surface area contributed by atoms with Crippen molar-refractivity contribution in [3.8, 4) is 0 Å². The van der Waals surface area contributed by atoms with Gasteiger partial charge in [0.2, 0.25) is 0 Å². The first-order valence-corrected chi connectivity index (χ1v) is 5.75. The lowest BCUT2D eigenvalue weighted by atomic mass is 10.1. The average Bonchev–Trinajstić information content (AvgIpc) is 2.37. The Morgan fingerprint density at radius 2 is 2.00 bits per heavy atom. The summed E-state index contributed by atoms with van der Waals surface area (Å²) >= 11 is 0. The molecule has 98 valence electrons. The number of amides is 1. The Hall–Kier alpha value is -1.72. The number of hydrogen-bond acceptors (Lipinski definition) is 4. The topological polar surface area (TPSA) is 75.6 Å². The minimum atomic E-state index is -0.383. The SMILES string of the molecule is CC(=O)CCC(COO)NC(=O)c1ccccc1. The van der Waals surface area contributed by atoms with Crippen LogP contribution in [0.3, 0.4) is 0 Å². The molecule has 0 aliphatic rings. The zero-order valence-corrected chi connectivity index (χ0v) is 10.3. The van der Waals surface area contributed by atoms with E-state index in [1.807, 2.05) is 6.07 Å². The molecule has 0 aromatic heterocycles. The number of rotatable bonds is 7. The van der Waals surface area contributed by atoms with E-state index in [9.17, 15) is 9.59 Å². The lowest BCUT2D eigenvalue weighted by molar-refractivity contribution is -0.246. The van der Waals surface area contributed by atoms with Gasteiger partial charge in [-0.3, -0.25) is 10.1 Å². The van der Waals surface area contributed by atoms with Crippen LogP contribution in [0, 0.1) is 0 Å². The van der Waals surface area contributed by atoms with Crippen LogP contribution >= 0.6 is 0 Å². The molecule has 0 heterocycles. The molecule has 18 heavy (non-hydrogen) atoms. The standard InChI is InChI=1S/C13H17NO4/c1-10(15)7-8-12(9-18-17)14-13(16)11-5-3-2-4-6-11/h2-6,12,17H,7-9H2,1H3,(H,14,16). The number of benzene rings is 1. The molecule has 0 bridgehead atoms. The van der Waals surface area contributed by atoms with E-state index in [4.69, 9.17) is 5.26 Å². The Labute approximate surface area is 106 Å². The predicted octanol–water partition coefficient (Wildman–Crippen LogP) is 1.64. The van der Waals surface area contributed by atoms with Gasteiger partial charge in [-0.1, -0.05) is 18.2 Å². The van der Waals surface area contributed by atoms with Crippen LogP contribution in [-0.4, -0.2) is 29.6 Å². The summed E-state index contributed by atoms with van der Waals surface area (Å²) in [6.45, 7) is 1.45. The summed E-state index contributed by atoms with van der Waals surface area (Å²) in [6.07, 6.45) is 0.775. The maximum Gasteiger partial charge on any atom is 0.251 e. The Balaban J connectivity index is 2.54. The van der Waals surface area contributed by atoms with Crippen LogP contribution in [0.4, 0.5) is 0 Å². The quantitative estimate of drug-likeness (QED) is 0.570. The van der Waals surface area contributed by atoms with Crippen molar-refractivity contribution in [2.45, 2.75) is 25.8 Å². The summed E-state index contributed by atoms with van der Waals surface area (Å²) in [6, 6.07) is 8.35. The largest absolute Gasteiger partial charge is 0.347 e. The van der Waals surface area contributed by atoms with Gasteiger partial charge in [0.15, 0.2) is 0 Å². The molecular formula is C13H17NO4. The third kappa shape index (κ3) is 5.07. The van der Waals surface area contributed by atoms with E-state index in [1.165, 1.54) is 6.92 Å². The van der Waals surface area contributed by atoms with Crippen molar-refractivity contribution in [3.05, 3.63) is 35.9 Å². The second-order valence-corrected chi connectivity index (χ2v) is 4.07. The van der Waals surface area contributed by atoms with Crippen molar-refractivity contribution in [2.24, 2.45) is 0 Å². The second-order valence-electron chi connectivity index (χ2n) is 4.07. The summed E-state index contributed by atoms with van der Waals surface area (Å²) in [7, 11) is 0. The van der Waals surface area contributed by atoms with Gasteiger partial charge >= 0.3 is 0 Å². The fourth-order valence-electron chi connectivity index (χ4n) is 1.52. The summed E-state index contributed by atoms with van der Waals surface area (Å²) in [5.74, 6) is -0.215. The van der Waals surface area contributed by atoms with E-state index >= 15 is 0 Å². The van der Waals surface area contributed by atoms with Crippen LogP contribution in [0.2, 0.25) is 0 Å². The van der Waals surface area contributed by atoms with E-state index in [0.717, 1.165) is 0 Å². The lowest BCUT2D eigenvalue weighted by Crippen LogP contribution is -2.38. The molecule has 0 saturated heterocycles.